The smallest absolute Gasteiger partial charge is 0.355 e. The minimum atomic E-state index is -4.22. The molecule has 1 amide bonds. The maximum absolute atomic E-state index is 11.7. The van der Waals surface area contributed by atoms with Crippen molar-refractivity contribution in [1.29, 1.82) is 0 Å². The van der Waals surface area contributed by atoms with Gasteiger partial charge in [-0.05, 0) is 30.6 Å². The number of thioether (sulfide) groups is 1. The van der Waals surface area contributed by atoms with Gasteiger partial charge in [0.1, 0.15) is 0 Å². The van der Waals surface area contributed by atoms with Gasteiger partial charge >= 0.3 is 5.51 Å². The minimum Gasteiger partial charge on any atom is -0.355 e. The van der Waals surface area contributed by atoms with E-state index in [4.69, 9.17) is 5.73 Å². The van der Waals surface area contributed by atoms with Crippen LogP contribution < -0.4 is 11.1 Å². The summed E-state index contributed by atoms with van der Waals surface area (Å²) in [7, 11) is 0. The topological polar surface area (TPSA) is 55.1 Å². The lowest BCUT2D eigenvalue weighted by atomic mass is 10.1. The van der Waals surface area contributed by atoms with E-state index in [1.165, 1.54) is 0 Å². The SMILES string of the molecule is CC(CN)CCC(=O)NCCSC(F)(F)F. The zero-order valence-corrected chi connectivity index (χ0v) is 9.96. The summed E-state index contributed by atoms with van der Waals surface area (Å²) in [6, 6.07) is 0. The number of nitrogens with one attached hydrogen (secondary N) is 1. The number of carbonyl (C=O) groups excluding carboxylic acids is 1. The molecule has 7 heteroatoms. The van der Waals surface area contributed by atoms with Crippen LogP contribution in [0.5, 0.6) is 0 Å². The summed E-state index contributed by atoms with van der Waals surface area (Å²) in [5.74, 6) is -0.111. The lowest BCUT2D eigenvalue weighted by Crippen LogP contribution is -2.27. The van der Waals surface area contributed by atoms with Crippen molar-refractivity contribution in [2.45, 2.75) is 25.3 Å². The first-order chi connectivity index (χ1) is 7.35. The van der Waals surface area contributed by atoms with Crippen LogP contribution in [0.2, 0.25) is 0 Å². The van der Waals surface area contributed by atoms with Crippen LogP contribution in [0.25, 0.3) is 0 Å². The Morgan fingerprint density at radius 3 is 2.62 bits per heavy atom. The number of amides is 1. The van der Waals surface area contributed by atoms with Gasteiger partial charge in [0.05, 0.1) is 0 Å². The molecule has 0 aromatic rings. The molecular weight excluding hydrogens is 241 g/mol. The molecule has 16 heavy (non-hydrogen) atoms. The Morgan fingerprint density at radius 1 is 1.50 bits per heavy atom. The van der Waals surface area contributed by atoms with Crippen molar-refractivity contribution in [3.8, 4) is 0 Å². The van der Waals surface area contributed by atoms with Crippen molar-refractivity contribution in [3.63, 3.8) is 0 Å². The average molecular weight is 258 g/mol. The van der Waals surface area contributed by atoms with Crippen LogP contribution in [-0.2, 0) is 4.79 Å². The van der Waals surface area contributed by atoms with Gasteiger partial charge in [-0.15, -0.1) is 0 Å². The maximum atomic E-state index is 11.7. The quantitative estimate of drug-likeness (QED) is 0.684. The second-order valence-electron chi connectivity index (χ2n) is 3.52. The van der Waals surface area contributed by atoms with E-state index in [-0.39, 0.29) is 35.9 Å². The fourth-order valence-electron chi connectivity index (χ4n) is 0.941. The second kappa shape index (κ2) is 7.78. The largest absolute Gasteiger partial charge is 0.441 e. The third kappa shape index (κ3) is 10.1. The first kappa shape index (κ1) is 15.6. The number of hydrogen-bond acceptors (Lipinski definition) is 3. The number of alkyl halides is 3. The van der Waals surface area contributed by atoms with Crippen molar-refractivity contribution in [2.24, 2.45) is 11.7 Å². The Morgan fingerprint density at radius 2 is 2.12 bits per heavy atom. The molecule has 0 aliphatic carbocycles. The molecule has 0 saturated carbocycles. The highest BCUT2D eigenvalue weighted by atomic mass is 32.2. The van der Waals surface area contributed by atoms with Gasteiger partial charge in [0.2, 0.25) is 5.91 Å². The highest BCUT2D eigenvalue weighted by Gasteiger charge is 2.27. The molecule has 0 spiro atoms. The Kier molecular flexibility index (Phi) is 7.57. The number of halogens is 3. The van der Waals surface area contributed by atoms with Gasteiger partial charge in [-0.3, -0.25) is 4.79 Å². The Hall–Kier alpha value is -0.430. The van der Waals surface area contributed by atoms with Gasteiger partial charge in [-0.2, -0.15) is 13.2 Å². The van der Waals surface area contributed by atoms with Crippen LogP contribution in [0.3, 0.4) is 0 Å². The van der Waals surface area contributed by atoms with E-state index >= 15 is 0 Å². The molecule has 0 rings (SSSR count). The van der Waals surface area contributed by atoms with Crippen molar-refractivity contribution in [2.75, 3.05) is 18.8 Å². The predicted octanol–water partition coefficient (Wildman–Crippen LogP) is 1.73. The fourth-order valence-corrected chi connectivity index (χ4v) is 1.38. The Labute approximate surface area is 97.3 Å². The van der Waals surface area contributed by atoms with E-state index in [0.29, 0.717) is 19.4 Å². The summed E-state index contributed by atoms with van der Waals surface area (Å²) in [6.07, 6.45) is 0.976. The molecule has 1 atom stereocenters. The molecular formula is C9H17F3N2OS. The summed E-state index contributed by atoms with van der Waals surface area (Å²) < 4.78 is 35.1. The van der Waals surface area contributed by atoms with Gasteiger partial charge < -0.3 is 11.1 Å². The van der Waals surface area contributed by atoms with Crippen LogP contribution in [0, 0.1) is 5.92 Å². The van der Waals surface area contributed by atoms with Gasteiger partial charge in [-0.25, -0.2) is 0 Å². The summed E-state index contributed by atoms with van der Waals surface area (Å²) in [5, 5.41) is 2.43. The monoisotopic (exact) mass is 258 g/mol. The van der Waals surface area contributed by atoms with Gasteiger partial charge in [0.15, 0.2) is 0 Å². The standard InChI is InChI=1S/C9H17F3N2OS/c1-7(6-13)2-3-8(15)14-4-5-16-9(10,11)12/h7H,2-6,13H2,1H3,(H,14,15). The van der Waals surface area contributed by atoms with E-state index < -0.39 is 5.51 Å². The Balaban J connectivity index is 3.44. The second-order valence-corrected chi connectivity index (χ2v) is 4.68. The van der Waals surface area contributed by atoms with Crippen molar-refractivity contribution in [3.05, 3.63) is 0 Å². The highest BCUT2D eigenvalue weighted by Crippen LogP contribution is 2.29. The molecule has 0 heterocycles. The number of nitrogens with two attached hydrogens (primary N) is 1. The summed E-state index contributed by atoms with van der Waals surface area (Å²) in [5.41, 5.74) is 1.14. The van der Waals surface area contributed by atoms with E-state index in [1.807, 2.05) is 6.92 Å². The molecule has 0 aromatic carbocycles. The fraction of sp³-hybridized carbons (Fsp3) is 0.889. The van der Waals surface area contributed by atoms with Crippen LogP contribution in [0.1, 0.15) is 19.8 Å². The number of hydrogen-bond donors (Lipinski definition) is 2. The molecule has 3 N–H and O–H groups in total. The minimum absolute atomic E-state index is 0.0417. The molecule has 96 valence electrons. The van der Waals surface area contributed by atoms with Crippen molar-refractivity contribution < 1.29 is 18.0 Å². The van der Waals surface area contributed by atoms with Gasteiger partial charge in [0, 0.05) is 18.7 Å². The number of rotatable bonds is 7. The van der Waals surface area contributed by atoms with E-state index in [2.05, 4.69) is 5.32 Å². The first-order valence-electron chi connectivity index (χ1n) is 5.02. The van der Waals surface area contributed by atoms with Crippen LogP contribution in [0.15, 0.2) is 0 Å². The molecule has 0 aromatic heterocycles. The molecule has 0 aliphatic heterocycles. The highest BCUT2D eigenvalue weighted by molar-refractivity contribution is 8.00. The van der Waals surface area contributed by atoms with Gasteiger partial charge in [-0.1, -0.05) is 6.92 Å². The van der Waals surface area contributed by atoms with Crippen molar-refractivity contribution in [1.82, 2.24) is 5.32 Å². The van der Waals surface area contributed by atoms with E-state index in [9.17, 15) is 18.0 Å². The van der Waals surface area contributed by atoms with Crippen molar-refractivity contribution >= 4 is 17.7 Å². The molecule has 0 bridgehead atoms. The number of carbonyl (C=O) groups is 1. The third-order valence-electron chi connectivity index (χ3n) is 1.96. The lowest BCUT2D eigenvalue weighted by molar-refractivity contribution is -0.121. The average Bonchev–Trinajstić information content (AvgIpc) is 2.19. The maximum Gasteiger partial charge on any atom is 0.441 e. The molecule has 0 fully saturated rings. The molecule has 0 radical (unpaired) electrons. The van der Waals surface area contributed by atoms with Gasteiger partial charge in [0.25, 0.3) is 0 Å². The zero-order chi connectivity index (χ0) is 12.6. The van der Waals surface area contributed by atoms with Crippen LogP contribution in [-0.4, -0.2) is 30.3 Å². The molecule has 1 unspecified atom stereocenters. The zero-order valence-electron chi connectivity index (χ0n) is 9.14. The van der Waals surface area contributed by atoms with E-state index in [0.717, 1.165) is 0 Å². The van der Waals surface area contributed by atoms with Crippen LogP contribution >= 0.6 is 11.8 Å². The molecule has 0 aliphatic rings. The first-order valence-corrected chi connectivity index (χ1v) is 6.01. The summed E-state index contributed by atoms with van der Waals surface area (Å²) >= 11 is -0.130. The Bertz CT molecular complexity index is 211. The predicted molar refractivity (Wildman–Crippen MR) is 59.0 cm³/mol. The molecule has 3 nitrogen and oxygen atoms in total. The van der Waals surface area contributed by atoms with Crippen LogP contribution in [0.4, 0.5) is 13.2 Å². The lowest BCUT2D eigenvalue weighted by Gasteiger charge is -2.09. The normalized spacial score (nSPS) is 13.6. The van der Waals surface area contributed by atoms with E-state index in [1.54, 1.807) is 0 Å². The third-order valence-corrected chi connectivity index (χ3v) is 2.69. The molecule has 0 saturated heterocycles. The summed E-state index contributed by atoms with van der Waals surface area (Å²) in [4.78, 5) is 11.1. The summed E-state index contributed by atoms with van der Waals surface area (Å²) in [6.45, 7) is 2.48.